The quantitative estimate of drug-likeness (QED) is 0.887. The number of rotatable bonds is 5. The highest BCUT2D eigenvalue weighted by Gasteiger charge is 2.29. The highest BCUT2D eigenvalue weighted by atomic mass is 16.2. The normalized spacial score (nSPS) is 14.0. The minimum atomic E-state index is 0.134. The van der Waals surface area contributed by atoms with Crippen LogP contribution in [0.4, 0.5) is 11.4 Å². The number of aromatic nitrogens is 2. The molecular weight excluding hydrogens is 264 g/mol. The minimum Gasteiger partial charge on any atom is -0.381 e. The molecule has 0 spiro atoms. The highest BCUT2D eigenvalue weighted by Crippen LogP contribution is 2.30. The van der Waals surface area contributed by atoms with E-state index in [1.165, 1.54) is 5.56 Å². The maximum atomic E-state index is 11.8. The zero-order valence-electron chi connectivity index (χ0n) is 12.4. The summed E-state index contributed by atoms with van der Waals surface area (Å²) in [7, 11) is 1.94. The summed E-state index contributed by atoms with van der Waals surface area (Å²) < 4.78 is 1.86. The van der Waals surface area contributed by atoms with Gasteiger partial charge in [-0.15, -0.1) is 0 Å². The molecule has 0 saturated heterocycles. The van der Waals surface area contributed by atoms with Gasteiger partial charge in [-0.25, -0.2) is 0 Å². The number of amides is 1. The van der Waals surface area contributed by atoms with Crippen LogP contribution in [0.1, 0.15) is 24.1 Å². The molecule has 0 bridgehead atoms. The highest BCUT2D eigenvalue weighted by molar-refractivity contribution is 5.94. The molecule has 1 amide bonds. The fourth-order valence-electron chi connectivity index (χ4n) is 2.21. The van der Waals surface area contributed by atoms with Gasteiger partial charge in [-0.1, -0.05) is 6.07 Å². The molecule has 2 N–H and O–H groups in total. The van der Waals surface area contributed by atoms with Crippen LogP contribution in [0.15, 0.2) is 30.5 Å². The topological polar surface area (TPSA) is 58.9 Å². The smallest absolute Gasteiger partial charge is 0.227 e. The molecule has 1 aliphatic rings. The van der Waals surface area contributed by atoms with E-state index in [2.05, 4.69) is 22.7 Å². The van der Waals surface area contributed by atoms with E-state index in [0.29, 0.717) is 0 Å². The number of carbonyl (C=O) groups is 1. The van der Waals surface area contributed by atoms with Gasteiger partial charge in [-0.3, -0.25) is 9.48 Å². The van der Waals surface area contributed by atoms with Crippen molar-refractivity contribution in [2.75, 3.05) is 10.6 Å². The van der Waals surface area contributed by atoms with Crippen LogP contribution in [-0.4, -0.2) is 15.7 Å². The number of nitrogens with zero attached hydrogens (tertiary/aromatic N) is 2. The molecule has 1 fully saturated rings. The van der Waals surface area contributed by atoms with Crippen LogP contribution < -0.4 is 10.6 Å². The molecule has 2 aromatic rings. The van der Waals surface area contributed by atoms with Crippen molar-refractivity contribution in [3.05, 3.63) is 41.7 Å². The number of carbonyl (C=O) groups excluding carboxylic acids is 1. The Kier molecular flexibility index (Phi) is 3.64. The molecule has 1 aromatic heterocycles. The molecule has 0 atom stereocenters. The monoisotopic (exact) mass is 284 g/mol. The first kappa shape index (κ1) is 13.7. The summed E-state index contributed by atoms with van der Waals surface area (Å²) >= 11 is 0. The summed E-state index contributed by atoms with van der Waals surface area (Å²) in [5.74, 6) is 0.356. The van der Waals surface area contributed by atoms with Gasteiger partial charge in [0.2, 0.25) is 5.91 Å². The lowest BCUT2D eigenvalue weighted by molar-refractivity contribution is -0.117. The zero-order chi connectivity index (χ0) is 14.8. The van der Waals surface area contributed by atoms with Crippen LogP contribution in [0.3, 0.4) is 0 Å². The van der Waals surface area contributed by atoms with E-state index in [1.54, 1.807) is 0 Å². The number of nitrogens with one attached hydrogen (secondary N) is 2. The van der Waals surface area contributed by atoms with Crippen molar-refractivity contribution in [1.29, 1.82) is 0 Å². The van der Waals surface area contributed by atoms with Gasteiger partial charge < -0.3 is 10.6 Å². The van der Waals surface area contributed by atoms with Crippen LogP contribution in [-0.2, 0) is 18.4 Å². The Morgan fingerprint density at radius 2 is 2.14 bits per heavy atom. The fraction of sp³-hybridized carbons (Fsp3) is 0.375. The third-order valence-corrected chi connectivity index (χ3v) is 3.90. The molecule has 5 heteroatoms. The first-order valence-electron chi connectivity index (χ1n) is 7.26. The third kappa shape index (κ3) is 3.24. The largest absolute Gasteiger partial charge is 0.381 e. The van der Waals surface area contributed by atoms with Gasteiger partial charge in [-0.05, 0) is 38.0 Å². The average Bonchev–Trinajstić information content (AvgIpc) is 3.27. The van der Waals surface area contributed by atoms with Gasteiger partial charge in [-0.2, -0.15) is 5.10 Å². The molecule has 5 nitrogen and oxygen atoms in total. The van der Waals surface area contributed by atoms with Gasteiger partial charge in [0, 0.05) is 42.1 Å². The second-order valence-electron chi connectivity index (χ2n) is 5.58. The van der Waals surface area contributed by atoms with Crippen molar-refractivity contribution in [1.82, 2.24) is 9.78 Å². The summed E-state index contributed by atoms with van der Waals surface area (Å²) in [5, 5.41) is 10.6. The molecule has 21 heavy (non-hydrogen) atoms. The van der Waals surface area contributed by atoms with E-state index in [9.17, 15) is 4.79 Å². The van der Waals surface area contributed by atoms with Gasteiger partial charge in [0.15, 0.2) is 0 Å². The van der Waals surface area contributed by atoms with Crippen molar-refractivity contribution in [2.45, 2.75) is 26.3 Å². The van der Waals surface area contributed by atoms with Crippen molar-refractivity contribution in [2.24, 2.45) is 13.0 Å². The molecule has 0 aliphatic heterocycles. The Bertz CT molecular complexity index is 658. The lowest BCUT2D eigenvalue weighted by Gasteiger charge is -2.09. The molecule has 1 saturated carbocycles. The minimum absolute atomic E-state index is 0.134. The zero-order valence-corrected chi connectivity index (χ0v) is 12.4. The lowest BCUT2D eigenvalue weighted by atomic mass is 10.2. The predicted octanol–water partition coefficient (Wildman–Crippen LogP) is 2.69. The van der Waals surface area contributed by atoms with E-state index in [0.717, 1.165) is 36.5 Å². The average molecular weight is 284 g/mol. The number of aryl methyl sites for hydroxylation is 1. The van der Waals surface area contributed by atoms with E-state index in [-0.39, 0.29) is 11.8 Å². The second-order valence-corrected chi connectivity index (χ2v) is 5.58. The van der Waals surface area contributed by atoms with Crippen molar-refractivity contribution in [3.8, 4) is 0 Å². The van der Waals surface area contributed by atoms with Crippen LogP contribution in [0.25, 0.3) is 0 Å². The van der Waals surface area contributed by atoms with E-state index >= 15 is 0 Å². The van der Waals surface area contributed by atoms with E-state index < -0.39 is 0 Å². The maximum Gasteiger partial charge on any atom is 0.227 e. The first-order valence-corrected chi connectivity index (χ1v) is 7.26. The Morgan fingerprint density at radius 1 is 1.38 bits per heavy atom. The summed E-state index contributed by atoms with van der Waals surface area (Å²) in [6.45, 7) is 2.77. The molecular formula is C16H20N4O. The van der Waals surface area contributed by atoms with Gasteiger partial charge in [0.1, 0.15) is 0 Å². The molecule has 0 radical (unpaired) electrons. The summed E-state index contributed by atoms with van der Waals surface area (Å²) in [5.41, 5.74) is 4.16. The SMILES string of the molecule is Cc1c(CNc2cccc(NC(=O)C3CC3)c2)cnn1C. The van der Waals surface area contributed by atoms with Crippen LogP contribution in [0, 0.1) is 12.8 Å². The molecule has 3 rings (SSSR count). The Labute approximate surface area is 124 Å². The third-order valence-electron chi connectivity index (χ3n) is 3.90. The number of hydrogen-bond acceptors (Lipinski definition) is 3. The standard InChI is InChI=1S/C16H20N4O/c1-11-13(10-18-20(11)2)9-17-14-4-3-5-15(8-14)19-16(21)12-6-7-12/h3-5,8,10,12,17H,6-7,9H2,1-2H3,(H,19,21). The van der Waals surface area contributed by atoms with E-state index in [1.807, 2.05) is 42.2 Å². The van der Waals surface area contributed by atoms with Crippen molar-refractivity contribution < 1.29 is 4.79 Å². The predicted molar refractivity (Wildman–Crippen MR) is 83.1 cm³/mol. The van der Waals surface area contributed by atoms with Crippen LogP contribution in [0.5, 0.6) is 0 Å². The molecule has 1 aromatic carbocycles. The van der Waals surface area contributed by atoms with E-state index in [4.69, 9.17) is 0 Å². The fourth-order valence-corrected chi connectivity index (χ4v) is 2.21. The van der Waals surface area contributed by atoms with Crippen molar-refractivity contribution >= 4 is 17.3 Å². The Morgan fingerprint density at radius 3 is 2.81 bits per heavy atom. The van der Waals surface area contributed by atoms with Gasteiger partial charge in [0.25, 0.3) is 0 Å². The number of anilines is 2. The van der Waals surface area contributed by atoms with Crippen LogP contribution in [0.2, 0.25) is 0 Å². The molecule has 1 heterocycles. The van der Waals surface area contributed by atoms with Crippen LogP contribution >= 0.6 is 0 Å². The molecule has 110 valence electrons. The molecule has 0 unspecified atom stereocenters. The first-order chi connectivity index (χ1) is 10.1. The number of benzene rings is 1. The second kappa shape index (κ2) is 5.60. The Balaban J connectivity index is 1.62. The summed E-state index contributed by atoms with van der Waals surface area (Å²) in [4.78, 5) is 11.8. The summed E-state index contributed by atoms with van der Waals surface area (Å²) in [6, 6.07) is 7.83. The lowest BCUT2D eigenvalue weighted by Crippen LogP contribution is -2.13. The number of hydrogen-bond donors (Lipinski definition) is 2. The van der Waals surface area contributed by atoms with Crippen molar-refractivity contribution in [3.63, 3.8) is 0 Å². The maximum absolute atomic E-state index is 11.8. The van der Waals surface area contributed by atoms with Gasteiger partial charge in [0.05, 0.1) is 6.20 Å². The summed E-state index contributed by atoms with van der Waals surface area (Å²) in [6.07, 6.45) is 3.91. The Hall–Kier alpha value is -2.30. The molecule has 1 aliphatic carbocycles. The van der Waals surface area contributed by atoms with Gasteiger partial charge >= 0.3 is 0 Å².